The van der Waals surface area contributed by atoms with Gasteiger partial charge in [0.1, 0.15) is 5.82 Å². The molecule has 0 aliphatic heterocycles. The third kappa shape index (κ3) is 3.35. The monoisotopic (exact) mass is 249 g/mol. The SMILES string of the molecule is CCNCC1CCC(C)CC1Cc1nccn1C. The average molecular weight is 249 g/mol. The van der Waals surface area contributed by atoms with E-state index in [1.54, 1.807) is 0 Å². The van der Waals surface area contributed by atoms with Crippen molar-refractivity contribution in [3.05, 3.63) is 18.2 Å². The molecule has 102 valence electrons. The summed E-state index contributed by atoms with van der Waals surface area (Å²) < 4.78 is 2.17. The molecule has 0 amide bonds. The van der Waals surface area contributed by atoms with E-state index in [2.05, 4.69) is 42.0 Å². The summed E-state index contributed by atoms with van der Waals surface area (Å²) in [7, 11) is 2.11. The number of hydrogen-bond donors (Lipinski definition) is 1. The van der Waals surface area contributed by atoms with Crippen molar-refractivity contribution in [3.8, 4) is 0 Å². The first-order chi connectivity index (χ1) is 8.70. The van der Waals surface area contributed by atoms with Crippen molar-refractivity contribution in [2.45, 2.75) is 39.5 Å². The van der Waals surface area contributed by atoms with Crippen LogP contribution in [-0.4, -0.2) is 22.6 Å². The highest BCUT2D eigenvalue weighted by Crippen LogP contribution is 2.35. The van der Waals surface area contributed by atoms with Crippen LogP contribution in [0, 0.1) is 17.8 Å². The third-order valence-electron chi connectivity index (χ3n) is 4.42. The molecule has 0 radical (unpaired) electrons. The highest BCUT2D eigenvalue weighted by Gasteiger charge is 2.29. The molecule has 18 heavy (non-hydrogen) atoms. The maximum absolute atomic E-state index is 4.49. The minimum atomic E-state index is 0.800. The number of aryl methyl sites for hydroxylation is 1. The van der Waals surface area contributed by atoms with Gasteiger partial charge in [0.25, 0.3) is 0 Å². The summed E-state index contributed by atoms with van der Waals surface area (Å²) in [4.78, 5) is 4.49. The van der Waals surface area contributed by atoms with Crippen molar-refractivity contribution < 1.29 is 0 Å². The molecule has 1 N–H and O–H groups in total. The largest absolute Gasteiger partial charge is 0.338 e. The fourth-order valence-electron chi connectivity index (χ4n) is 3.24. The van der Waals surface area contributed by atoms with Crippen LogP contribution in [0.1, 0.15) is 38.9 Å². The smallest absolute Gasteiger partial charge is 0.108 e. The quantitative estimate of drug-likeness (QED) is 0.869. The molecule has 0 bridgehead atoms. The molecule has 2 rings (SSSR count). The molecule has 1 fully saturated rings. The molecule has 0 aromatic carbocycles. The van der Waals surface area contributed by atoms with Gasteiger partial charge in [0, 0.05) is 25.9 Å². The minimum absolute atomic E-state index is 0.800. The van der Waals surface area contributed by atoms with Crippen molar-refractivity contribution in [1.82, 2.24) is 14.9 Å². The summed E-state index contributed by atoms with van der Waals surface area (Å²) in [6.45, 7) is 6.85. The van der Waals surface area contributed by atoms with Gasteiger partial charge in [-0.15, -0.1) is 0 Å². The summed E-state index contributed by atoms with van der Waals surface area (Å²) >= 11 is 0. The van der Waals surface area contributed by atoms with E-state index in [1.807, 2.05) is 6.20 Å². The van der Waals surface area contributed by atoms with E-state index in [1.165, 1.54) is 31.6 Å². The Balaban J connectivity index is 1.98. The maximum Gasteiger partial charge on any atom is 0.108 e. The highest BCUT2D eigenvalue weighted by molar-refractivity contribution is 4.95. The standard InChI is InChI=1S/C15H27N3/c1-4-16-11-13-6-5-12(2)9-14(13)10-15-17-7-8-18(15)3/h7-8,12-14,16H,4-6,9-11H2,1-3H3. The van der Waals surface area contributed by atoms with Gasteiger partial charge >= 0.3 is 0 Å². The van der Waals surface area contributed by atoms with Crippen molar-refractivity contribution in [1.29, 1.82) is 0 Å². The highest BCUT2D eigenvalue weighted by atomic mass is 15.0. The van der Waals surface area contributed by atoms with Gasteiger partial charge < -0.3 is 9.88 Å². The molecule has 1 aromatic rings. The topological polar surface area (TPSA) is 29.9 Å². The Bertz CT molecular complexity index is 356. The lowest BCUT2D eigenvalue weighted by molar-refractivity contribution is 0.181. The third-order valence-corrected chi connectivity index (χ3v) is 4.42. The van der Waals surface area contributed by atoms with Gasteiger partial charge in [0.05, 0.1) is 0 Å². The van der Waals surface area contributed by atoms with Crippen LogP contribution in [0.25, 0.3) is 0 Å². The minimum Gasteiger partial charge on any atom is -0.338 e. The first-order valence-corrected chi connectivity index (χ1v) is 7.37. The average Bonchev–Trinajstić information content (AvgIpc) is 2.74. The van der Waals surface area contributed by atoms with E-state index < -0.39 is 0 Å². The van der Waals surface area contributed by atoms with Crippen LogP contribution in [-0.2, 0) is 13.5 Å². The fourth-order valence-corrected chi connectivity index (χ4v) is 3.24. The van der Waals surface area contributed by atoms with Gasteiger partial charge in [-0.05, 0) is 43.7 Å². The first kappa shape index (κ1) is 13.6. The van der Waals surface area contributed by atoms with Crippen LogP contribution in [0.2, 0.25) is 0 Å². The second-order valence-corrected chi connectivity index (χ2v) is 5.90. The molecule has 1 heterocycles. The second kappa shape index (κ2) is 6.37. The Morgan fingerprint density at radius 1 is 1.39 bits per heavy atom. The Morgan fingerprint density at radius 2 is 2.22 bits per heavy atom. The van der Waals surface area contributed by atoms with E-state index in [0.29, 0.717) is 0 Å². The summed E-state index contributed by atoms with van der Waals surface area (Å²) in [5.74, 6) is 3.76. The lowest BCUT2D eigenvalue weighted by Crippen LogP contribution is -2.34. The predicted molar refractivity (Wildman–Crippen MR) is 75.5 cm³/mol. The number of nitrogens with one attached hydrogen (secondary N) is 1. The number of rotatable bonds is 5. The lowest BCUT2D eigenvalue weighted by Gasteiger charge is -2.35. The number of aromatic nitrogens is 2. The van der Waals surface area contributed by atoms with Gasteiger partial charge in [-0.1, -0.05) is 20.3 Å². The van der Waals surface area contributed by atoms with Crippen LogP contribution in [0.4, 0.5) is 0 Å². The summed E-state index contributed by atoms with van der Waals surface area (Å²) in [5.41, 5.74) is 0. The Kier molecular flexibility index (Phi) is 4.81. The Morgan fingerprint density at radius 3 is 2.89 bits per heavy atom. The van der Waals surface area contributed by atoms with Crippen LogP contribution >= 0.6 is 0 Å². The lowest BCUT2D eigenvalue weighted by atomic mass is 9.73. The normalized spacial score (nSPS) is 28.5. The molecule has 3 unspecified atom stereocenters. The summed E-state index contributed by atoms with van der Waals surface area (Å²) in [6.07, 6.45) is 9.25. The number of nitrogens with zero attached hydrogens (tertiary/aromatic N) is 2. The molecule has 0 spiro atoms. The van der Waals surface area contributed by atoms with E-state index >= 15 is 0 Å². The van der Waals surface area contributed by atoms with Gasteiger partial charge in [-0.2, -0.15) is 0 Å². The molecule has 1 aliphatic carbocycles. The first-order valence-electron chi connectivity index (χ1n) is 7.37. The van der Waals surface area contributed by atoms with Gasteiger partial charge in [-0.3, -0.25) is 0 Å². The predicted octanol–water partition coefficient (Wildman–Crippen LogP) is 2.62. The molecule has 3 atom stereocenters. The molecule has 1 aliphatic rings. The van der Waals surface area contributed by atoms with Crippen molar-refractivity contribution >= 4 is 0 Å². The van der Waals surface area contributed by atoms with E-state index in [-0.39, 0.29) is 0 Å². The van der Waals surface area contributed by atoms with Crippen molar-refractivity contribution in [2.75, 3.05) is 13.1 Å². The zero-order valence-electron chi connectivity index (χ0n) is 12.0. The van der Waals surface area contributed by atoms with Crippen LogP contribution in [0.5, 0.6) is 0 Å². The van der Waals surface area contributed by atoms with Gasteiger partial charge in [0.2, 0.25) is 0 Å². The molecule has 3 nitrogen and oxygen atoms in total. The zero-order valence-corrected chi connectivity index (χ0v) is 12.0. The molecule has 3 heteroatoms. The van der Waals surface area contributed by atoms with Crippen LogP contribution in [0.3, 0.4) is 0 Å². The van der Waals surface area contributed by atoms with Crippen molar-refractivity contribution in [2.24, 2.45) is 24.8 Å². The van der Waals surface area contributed by atoms with Gasteiger partial charge in [-0.25, -0.2) is 4.98 Å². The molecular weight excluding hydrogens is 222 g/mol. The number of imidazole rings is 1. The van der Waals surface area contributed by atoms with Crippen LogP contribution in [0.15, 0.2) is 12.4 Å². The Hall–Kier alpha value is -0.830. The van der Waals surface area contributed by atoms with Crippen LogP contribution < -0.4 is 5.32 Å². The molecular formula is C15H27N3. The van der Waals surface area contributed by atoms with E-state index in [4.69, 9.17) is 0 Å². The molecule has 0 saturated heterocycles. The van der Waals surface area contributed by atoms with E-state index in [0.717, 1.165) is 30.7 Å². The van der Waals surface area contributed by atoms with E-state index in [9.17, 15) is 0 Å². The molecule has 1 aromatic heterocycles. The number of hydrogen-bond acceptors (Lipinski definition) is 2. The fraction of sp³-hybridized carbons (Fsp3) is 0.800. The maximum atomic E-state index is 4.49. The second-order valence-electron chi connectivity index (χ2n) is 5.90. The zero-order chi connectivity index (χ0) is 13.0. The van der Waals surface area contributed by atoms with Crippen molar-refractivity contribution in [3.63, 3.8) is 0 Å². The summed E-state index contributed by atoms with van der Waals surface area (Å²) in [6, 6.07) is 0. The van der Waals surface area contributed by atoms with Gasteiger partial charge in [0.15, 0.2) is 0 Å². The molecule has 1 saturated carbocycles. The summed E-state index contributed by atoms with van der Waals surface area (Å²) in [5, 5.41) is 3.53. The Labute approximate surface area is 111 Å².